The monoisotopic (exact) mass is 377 g/mol. The molecular formula is C14H24IN3O. The lowest BCUT2D eigenvalue weighted by atomic mass is 9.91. The highest BCUT2D eigenvalue weighted by atomic mass is 127. The number of rotatable bonds is 4. The molecule has 5 heteroatoms. The molecule has 0 aliphatic carbocycles. The van der Waals surface area contributed by atoms with Crippen LogP contribution in [0.15, 0.2) is 0 Å². The quantitative estimate of drug-likeness (QED) is 0.812. The topological polar surface area (TPSA) is 47.0 Å². The maximum Gasteiger partial charge on any atom is 0.160 e. The van der Waals surface area contributed by atoms with E-state index in [-0.39, 0.29) is 11.5 Å². The van der Waals surface area contributed by atoms with Crippen molar-refractivity contribution in [1.82, 2.24) is 9.97 Å². The normalized spacial score (nSPS) is 13.7. The lowest BCUT2D eigenvalue weighted by Crippen LogP contribution is -2.22. The van der Waals surface area contributed by atoms with Gasteiger partial charge in [0.25, 0.3) is 0 Å². The van der Waals surface area contributed by atoms with Gasteiger partial charge in [0.05, 0.1) is 9.26 Å². The van der Waals surface area contributed by atoms with Crippen molar-refractivity contribution in [2.45, 2.75) is 46.1 Å². The number of aromatic nitrogens is 2. The Morgan fingerprint density at radius 1 is 1.21 bits per heavy atom. The van der Waals surface area contributed by atoms with E-state index in [0.717, 1.165) is 20.9 Å². The molecule has 1 N–H and O–H groups in total. The highest BCUT2D eigenvalue weighted by Crippen LogP contribution is 2.32. The van der Waals surface area contributed by atoms with Crippen molar-refractivity contribution in [3.8, 4) is 0 Å². The van der Waals surface area contributed by atoms with Crippen LogP contribution in [-0.4, -0.2) is 24.1 Å². The summed E-state index contributed by atoms with van der Waals surface area (Å²) in [4.78, 5) is 9.36. The summed E-state index contributed by atoms with van der Waals surface area (Å²) in [5.41, 5.74) is 1.04. The number of hydrogen-bond donors (Lipinski definition) is 1. The molecule has 0 bridgehead atoms. The Morgan fingerprint density at radius 2 is 1.79 bits per heavy atom. The molecule has 1 aromatic rings. The fraction of sp³-hybridized carbons (Fsp3) is 0.714. The van der Waals surface area contributed by atoms with Crippen molar-refractivity contribution in [3.63, 3.8) is 0 Å². The van der Waals surface area contributed by atoms with Gasteiger partial charge in [0, 0.05) is 19.6 Å². The minimum absolute atomic E-state index is 0.0188. The zero-order chi connectivity index (χ0) is 14.8. The van der Waals surface area contributed by atoms with Crippen LogP contribution >= 0.6 is 22.6 Å². The average Bonchev–Trinajstić information content (AvgIpc) is 2.29. The predicted octanol–water partition coefficient (Wildman–Crippen LogP) is 3.76. The van der Waals surface area contributed by atoms with E-state index in [1.165, 1.54) is 0 Å². The van der Waals surface area contributed by atoms with Crippen LogP contribution in [0.25, 0.3) is 0 Å². The van der Waals surface area contributed by atoms with E-state index >= 15 is 0 Å². The minimum atomic E-state index is -0.0785. The molecular weight excluding hydrogens is 353 g/mol. The molecule has 1 rings (SSSR count). The van der Waals surface area contributed by atoms with Crippen LogP contribution in [0.5, 0.6) is 0 Å². The molecule has 1 heterocycles. The Balaban J connectivity index is 3.43. The van der Waals surface area contributed by atoms with Crippen LogP contribution < -0.4 is 5.32 Å². The van der Waals surface area contributed by atoms with Gasteiger partial charge in [0.15, 0.2) is 5.82 Å². The van der Waals surface area contributed by atoms with Gasteiger partial charge in [-0.3, -0.25) is 0 Å². The number of nitrogens with one attached hydrogen (secondary N) is 1. The SMILES string of the molecule is CNc1nc(C(OC)C(C)C)nc(C(C)(C)C)c1I. The highest BCUT2D eigenvalue weighted by Gasteiger charge is 2.26. The lowest BCUT2D eigenvalue weighted by molar-refractivity contribution is 0.0572. The second-order valence-electron chi connectivity index (χ2n) is 5.99. The number of methoxy groups -OCH3 is 1. The first-order valence-corrected chi connectivity index (χ1v) is 7.58. The maximum absolute atomic E-state index is 5.55. The van der Waals surface area contributed by atoms with Gasteiger partial charge in [0.1, 0.15) is 11.9 Å². The third kappa shape index (κ3) is 3.78. The number of nitrogens with zero attached hydrogens (tertiary/aromatic N) is 2. The van der Waals surface area contributed by atoms with Gasteiger partial charge in [-0.1, -0.05) is 34.6 Å². The Labute approximate surface area is 129 Å². The largest absolute Gasteiger partial charge is 0.373 e. The van der Waals surface area contributed by atoms with Gasteiger partial charge in [-0.05, 0) is 28.5 Å². The number of halogens is 1. The zero-order valence-corrected chi connectivity index (χ0v) is 15.0. The molecule has 0 spiro atoms. The Kier molecular flexibility index (Phi) is 5.55. The molecule has 108 valence electrons. The summed E-state index contributed by atoms with van der Waals surface area (Å²) >= 11 is 2.31. The number of hydrogen-bond acceptors (Lipinski definition) is 4. The Morgan fingerprint density at radius 3 is 2.16 bits per heavy atom. The molecule has 0 aliphatic heterocycles. The van der Waals surface area contributed by atoms with E-state index in [1.807, 2.05) is 7.05 Å². The van der Waals surface area contributed by atoms with Crippen LogP contribution in [0.1, 0.15) is 52.2 Å². The summed E-state index contributed by atoms with van der Waals surface area (Å²) in [7, 11) is 3.60. The van der Waals surface area contributed by atoms with Gasteiger partial charge in [-0.15, -0.1) is 0 Å². The molecule has 0 aliphatic rings. The summed E-state index contributed by atoms with van der Waals surface area (Å²) in [5.74, 6) is 1.97. The first-order valence-electron chi connectivity index (χ1n) is 6.50. The summed E-state index contributed by atoms with van der Waals surface area (Å²) in [6.45, 7) is 10.7. The summed E-state index contributed by atoms with van der Waals surface area (Å²) < 4.78 is 6.63. The van der Waals surface area contributed by atoms with Gasteiger partial charge in [0.2, 0.25) is 0 Å². The molecule has 1 unspecified atom stereocenters. The first kappa shape index (κ1) is 16.6. The first-order chi connectivity index (χ1) is 8.72. The second kappa shape index (κ2) is 6.35. The standard InChI is InChI=1S/C14H24IN3O/c1-8(2)10(19-7)13-17-11(14(3,4)5)9(15)12(16-6)18-13/h8,10H,1-7H3,(H,16,17,18). The van der Waals surface area contributed by atoms with Gasteiger partial charge < -0.3 is 10.1 Å². The van der Waals surface area contributed by atoms with Crippen molar-refractivity contribution in [1.29, 1.82) is 0 Å². The molecule has 0 amide bonds. The van der Waals surface area contributed by atoms with E-state index in [9.17, 15) is 0 Å². The van der Waals surface area contributed by atoms with Crippen molar-refractivity contribution in [3.05, 3.63) is 15.1 Å². The fourth-order valence-electron chi connectivity index (χ4n) is 1.93. The van der Waals surface area contributed by atoms with Crippen molar-refractivity contribution >= 4 is 28.4 Å². The Hall–Kier alpha value is -0.430. The third-order valence-electron chi connectivity index (χ3n) is 2.93. The molecule has 1 atom stereocenters. The fourth-order valence-corrected chi connectivity index (χ4v) is 3.25. The lowest BCUT2D eigenvalue weighted by Gasteiger charge is -2.25. The zero-order valence-electron chi connectivity index (χ0n) is 12.8. The molecule has 0 saturated carbocycles. The average molecular weight is 377 g/mol. The Bertz CT molecular complexity index is 441. The summed E-state index contributed by atoms with van der Waals surface area (Å²) in [6, 6.07) is 0. The van der Waals surface area contributed by atoms with Crippen LogP contribution in [0, 0.1) is 9.49 Å². The van der Waals surface area contributed by atoms with Gasteiger partial charge >= 0.3 is 0 Å². The molecule has 0 radical (unpaired) electrons. The van der Waals surface area contributed by atoms with Gasteiger partial charge in [-0.25, -0.2) is 9.97 Å². The second-order valence-corrected chi connectivity index (χ2v) is 7.07. The molecule has 0 aromatic carbocycles. The maximum atomic E-state index is 5.55. The highest BCUT2D eigenvalue weighted by molar-refractivity contribution is 14.1. The predicted molar refractivity (Wildman–Crippen MR) is 87.6 cm³/mol. The summed E-state index contributed by atoms with van der Waals surface area (Å²) in [5, 5.41) is 3.15. The van der Waals surface area contributed by atoms with Crippen molar-refractivity contribution in [2.24, 2.45) is 5.92 Å². The van der Waals surface area contributed by atoms with Crippen LogP contribution in [0.4, 0.5) is 5.82 Å². The summed E-state index contributed by atoms with van der Waals surface area (Å²) in [6.07, 6.45) is -0.0785. The van der Waals surface area contributed by atoms with E-state index in [0.29, 0.717) is 5.92 Å². The van der Waals surface area contributed by atoms with Crippen LogP contribution in [0.3, 0.4) is 0 Å². The van der Waals surface area contributed by atoms with E-state index < -0.39 is 0 Å². The van der Waals surface area contributed by atoms with Gasteiger partial charge in [-0.2, -0.15) is 0 Å². The van der Waals surface area contributed by atoms with E-state index in [2.05, 4.69) is 67.5 Å². The molecule has 19 heavy (non-hydrogen) atoms. The molecule has 4 nitrogen and oxygen atoms in total. The van der Waals surface area contributed by atoms with E-state index in [4.69, 9.17) is 9.72 Å². The van der Waals surface area contributed by atoms with Crippen molar-refractivity contribution < 1.29 is 4.74 Å². The minimum Gasteiger partial charge on any atom is -0.373 e. The van der Waals surface area contributed by atoms with Crippen LogP contribution in [-0.2, 0) is 10.2 Å². The van der Waals surface area contributed by atoms with Crippen molar-refractivity contribution in [2.75, 3.05) is 19.5 Å². The van der Waals surface area contributed by atoms with E-state index in [1.54, 1.807) is 7.11 Å². The third-order valence-corrected chi connectivity index (χ3v) is 3.95. The molecule has 0 saturated heterocycles. The smallest absolute Gasteiger partial charge is 0.160 e. The molecule has 0 fully saturated rings. The molecule has 1 aromatic heterocycles. The van der Waals surface area contributed by atoms with Crippen LogP contribution in [0.2, 0.25) is 0 Å². The number of anilines is 1. The number of ether oxygens (including phenoxy) is 1.